The Morgan fingerprint density at radius 1 is 1.32 bits per heavy atom. The van der Waals surface area contributed by atoms with Crippen LogP contribution < -0.4 is 11.1 Å². The van der Waals surface area contributed by atoms with Crippen LogP contribution in [0.4, 0.5) is 4.79 Å². The van der Waals surface area contributed by atoms with Gasteiger partial charge >= 0.3 is 6.03 Å². The third kappa shape index (κ3) is 3.71. The van der Waals surface area contributed by atoms with Gasteiger partial charge in [0.1, 0.15) is 5.84 Å². The maximum Gasteiger partial charge on any atom is 0.317 e. The van der Waals surface area contributed by atoms with Gasteiger partial charge in [0.15, 0.2) is 0 Å². The molecule has 2 rings (SSSR count). The minimum Gasteiger partial charge on any atom is -0.384 e. The number of carbonyl (C=O) groups is 1. The number of nitrogens with zero attached hydrogens (tertiary/aromatic N) is 1. The Labute approximate surface area is 113 Å². The minimum atomic E-state index is -0.00655. The Bertz CT molecular complexity index is 466. The van der Waals surface area contributed by atoms with Gasteiger partial charge in [0.05, 0.1) is 0 Å². The van der Waals surface area contributed by atoms with Crippen molar-refractivity contribution < 1.29 is 4.79 Å². The molecule has 0 saturated carbocycles. The predicted molar refractivity (Wildman–Crippen MR) is 75.1 cm³/mol. The summed E-state index contributed by atoms with van der Waals surface area (Å²) in [6.45, 7) is 2.16. The van der Waals surface area contributed by atoms with Crippen molar-refractivity contribution in [1.82, 2.24) is 10.2 Å². The standard InChI is InChI=1S/C14H20N4O/c15-13(16)12-6-4-5-11(9-12)10-17-14(19)18-7-2-1-3-8-18/h4-6,9H,1-3,7-8,10H2,(H3,15,16)(H,17,19). The van der Waals surface area contributed by atoms with Crippen LogP contribution in [0.1, 0.15) is 30.4 Å². The van der Waals surface area contributed by atoms with E-state index in [4.69, 9.17) is 11.1 Å². The largest absolute Gasteiger partial charge is 0.384 e. The SMILES string of the molecule is N=C(N)c1cccc(CNC(=O)N2CCCCC2)c1. The number of hydrogen-bond acceptors (Lipinski definition) is 2. The number of likely N-dealkylation sites (tertiary alicyclic amines) is 1. The Balaban J connectivity index is 1.89. The summed E-state index contributed by atoms with van der Waals surface area (Å²) in [6, 6.07) is 7.38. The lowest BCUT2D eigenvalue weighted by molar-refractivity contribution is 0.186. The second kappa shape index (κ2) is 6.22. The number of piperidine rings is 1. The van der Waals surface area contributed by atoms with E-state index in [0.717, 1.165) is 31.5 Å². The fourth-order valence-corrected chi connectivity index (χ4v) is 2.24. The normalized spacial score (nSPS) is 15.1. The molecule has 1 aliphatic heterocycles. The summed E-state index contributed by atoms with van der Waals surface area (Å²) in [5.41, 5.74) is 7.08. The van der Waals surface area contributed by atoms with Crippen LogP contribution in [0.3, 0.4) is 0 Å². The molecule has 0 atom stereocenters. The molecule has 1 heterocycles. The molecule has 0 aliphatic carbocycles. The van der Waals surface area contributed by atoms with E-state index in [0.29, 0.717) is 12.1 Å². The summed E-state index contributed by atoms with van der Waals surface area (Å²) in [4.78, 5) is 13.8. The molecular weight excluding hydrogens is 240 g/mol. The first kappa shape index (κ1) is 13.4. The van der Waals surface area contributed by atoms with Gasteiger partial charge in [-0.1, -0.05) is 18.2 Å². The van der Waals surface area contributed by atoms with Gasteiger partial charge in [0, 0.05) is 25.2 Å². The predicted octanol–water partition coefficient (Wildman–Crippen LogP) is 1.67. The van der Waals surface area contributed by atoms with E-state index in [2.05, 4.69) is 5.32 Å². The molecule has 1 aromatic carbocycles. The Morgan fingerprint density at radius 3 is 2.74 bits per heavy atom. The third-order valence-electron chi connectivity index (χ3n) is 3.33. The molecule has 1 saturated heterocycles. The van der Waals surface area contributed by atoms with Gasteiger partial charge in [-0.25, -0.2) is 4.79 Å². The molecule has 1 aliphatic rings. The minimum absolute atomic E-state index is 0.00655. The van der Waals surface area contributed by atoms with Crippen molar-refractivity contribution >= 4 is 11.9 Å². The number of carbonyl (C=O) groups excluding carboxylic acids is 1. The summed E-state index contributed by atoms with van der Waals surface area (Å²) in [6.07, 6.45) is 3.39. The summed E-state index contributed by atoms with van der Waals surface area (Å²) in [7, 11) is 0. The van der Waals surface area contributed by atoms with Crippen LogP contribution in [0.2, 0.25) is 0 Å². The molecule has 0 spiro atoms. The van der Waals surface area contributed by atoms with Crippen LogP contribution in [0, 0.1) is 5.41 Å². The van der Waals surface area contributed by atoms with Crippen LogP contribution in [0.25, 0.3) is 0 Å². The number of amidine groups is 1. The number of rotatable bonds is 3. The fourth-order valence-electron chi connectivity index (χ4n) is 2.24. The number of urea groups is 1. The first-order chi connectivity index (χ1) is 9.16. The lowest BCUT2D eigenvalue weighted by Gasteiger charge is -2.26. The first-order valence-corrected chi connectivity index (χ1v) is 6.63. The van der Waals surface area contributed by atoms with Crippen molar-refractivity contribution in [1.29, 1.82) is 5.41 Å². The number of nitrogens with two attached hydrogens (primary N) is 1. The monoisotopic (exact) mass is 260 g/mol. The Kier molecular flexibility index (Phi) is 4.39. The zero-order chi connectivity index (χ0) is 13.7. The highest BCUT2D eigenvalue weighted by Gasteiger charge is 2.15. The van der Waals surface area contributed by atoms with E-state index in [1.165, 1.54) is 6.42 Å². The second-order valence-electron chi connectivity index (χ2n) is 4.82. The van der Waals surface area contributed by atoms with E-state index < -0.39 is 0 Å². The van der Waals surface area contributed by atoms with Gasteiger partial charge in [0.2, 0.25) is 0 Å². The van der Waals surface area contributed by atoms with Gasteiger partial charge in [0.25, 0.3) is 0 Å². The smallest absolute Gasteiger partial charge is 0.317 e. The van der Waals surface area contributed by atoms with Crippen molar-refractivity contribution in [2.45, 2.75) is 25.8 Å². The molecule has 0 aromatic heterocycles. The van der Waals surface area contributed by atoms with Crippen LogP contribution in [-0.4, -0.2) is 29.9 Å². The molecule has 2 amide bonds. The van der Waals surface area contributed by atoms with Crippen LogP contribution >= 0.6 is 0 Å². The number of benzene rings is 1. The molecule has 1 fully saturated rings. The van der Waals surface area contributed by atoms with Crippen molar-refractivity contribution in [3.8, 4) is 0 Å². The zero-order valence-electron chi connectivity index (χ0n) is 11.0. The van der Waals surface area contributed by atoms with E-state index in [1.807, 2.05) is 23.1 Å². The van der Waals surface area contributed by atoms with Crippen molar-refractivity contribution in [3.05, 3.63) is 35.4 Å². The Hall–Kier alpha value is -2.04. The van der Waals surface area contributed by atoms with Crippen LogP contribution in [0.15, 0.2) is 24.3 Å². The summed E-state index contributed by atoms with van der Waals surface area (Å²) in [5.74, 6) is 0.0456. The van der Waals surface area contributed by atoms with E-state index >= 15 is 0 Å². The van der Waals surface area contributed by atoms with Crippen LogP contribution in [0.5, 0.6) is 0 Å². The molecule has 0 unspecified atom stereocenters. The van der Waals surface area contributed by atoms with Gasteiger partial charge in [-0.05, 0) is 30.9 Å². The van der Waals surface area contributed by atoms with Crippen molar-refractivity contribution in [2.75, 3.05) is 13.1 Å². The maximum absolute atomic E-state index is 11.9. The van der Waals surface area contributed by atoms with Gasteiger partial charge in [-0.3, -0.25) is 5.41 Å². The lowest BCUT2D eigenvalue weighted by Crippen LogP contribution is -2.42. The average Bonchev–Trinajstić information content (AvgIpc) is 2.46. The van der Waals surface area contributed by atoms with Crippen molar-refractivity contribution in [2.24, 2.45) is 5.73 Å². The zero-order valence-corrected chi connectivity index (χ0v) is 11.0. The molecule has 0 bridgehead atoms. The summed E-state index contributed by atoms with van der Waals surface area (Å²) >= 11 is 0. The van der Waals surface area contributed by atoms with Gasteiger partial charge < -0.3 is 16.0 Å². The molecule has 4 N–H and O–H groups in total. The van der Waals surface area contributed by atoms with Crippen LogP contribution in [-0.2, 0) is 6.54 Å². The third-order valence-corrected chi connectivity index (χ3v) is 3.33. The molecule has 0 radical (unpaired) electrons. The topological polar surface area (TPSA) is 82.2 Å². The van der Waals surface area contributed by atoms with E-state index in [1.54, 1.807) is 6.07 Å². The molecule has 5 nitrogen and oxygen atoms in total. The van der Waals surface area contributed by atoms with E-state index in [-0.39, 0.29) is 11.9 Å². The number of amides is 2. The lowest BCUT2D eigenvalue weighted by atomic mass is 10.1. The number of hydrogen-bond donors (Lipinski definition) is 3. The highest BCUT2D eigenvalue weighted by Crippen LogP contribution is 2.09. The highest BCUT2D eigenvalue weighted by molar-refractivity contribution is 5.95. The summed E-state index contributed by atoms with van der Waals surface area (Å²) < 4.78 is 0. The molecule has 19 heavy (non-hydrogen) atoms. The van der Waals surface area contributed by atoms with Gasteiger partial charge in [-0.15, -0.1) is 0 Å². The maximum atomic E-state index is 11.9. The summed E-state index contributed by atoms with van der Waals surface area (Å²) in [5, 5.41) is 10.3. The number of nitrogens with one attached hydrogen (secondary N) is 2. The molecule has 102 valence electrons. The van der Waals surface area contributed by atoms with E-state index in [9.17, 15) is 4.79 Å². The first-order valence-electron chi connectivity index (χ1n) is 6.63. The molecular formula is C14H20N4O. The highest BCUT2D eigenvalue weighted by atomic mass is 16.2. The quantitative estimate of drug-likeness (QED) is 0.570. The average molecular weight is 260 g/mol. The second-order valence-corrected chi connectivity index (χ2v) is 4.82. The number of nitrogen functional groups attached to an aromatic ring is 1. The van der Waals surface area contributed by atoms with Gasteiger partial charge in [-0.2, -0.15) is 0 Å². The Morgan fingerprint density at radius 2 is 2.05 bits per heavy atom. The fraction of sp³-hybridized carbons (Fsp3) is 0.429. The molecule has 5 heteroatoms. The molecule has 1 aromatic rings. The van der Waals surface area contributed by atoms with Crippen molar-refractivity contribution in [3.63, 3.8) is 0 Å².